The number of hydrogen-bond acceptors (Lipinski definition) is 3. The predicted octanol–water partition coefficient (Wildman–Crippen LogP) is 2.80. The maximum absolute atomic E-state index is 12.8. The van der Waals surface area contributed by atoms with Crippen LogP contribution in [0.3, 0.4) is 0 Å². The fourth-order valence-electron chi connectivity index (χ4n) is 2.62. The van der Waals surface area contributed by atoms with Crippen LogP contribution in [0, 0.1) is 0 Å². The normalized spacial score (nSPS) is 10.8. The van der Waals surface area contributed by atoms with Gasteiger partial charge in [0, 0.05) is 18.0 Å². The zero-order chi connectivity index (χ0) is 15.0. The third kappa shape index (κ3) is 1.96. The van der Waals surface area contributed by atoms with E-state index in [0.717, 1.165) is 5.52 Å². The van der Waals surface area contributed by atoms with E-state index in [0.29, 0.717) is 28.1 Å². The van der Waals surface area contributed by atoms with Crippen LogP contribution in [0.25, 0.3) is 22.0 Å². The number of para-hydroxylation sites is 2. The molecule has 21 heavy (non-hydrogen) atoms. The van der Waals surface area contributed by atoms with Crippen LogP contribution in [0.5, 0.6) is 5.75 Å². The van der Waals surface area contributed by atoms with Gasteiger partial charge < -0.3 is 15.0 Å². The molecule has 0 aliphatic heterocycles. The Morgan fingerprint density at radius 1 is 1.05 bits per heavy atom. The summed E-state index contributed by atoms with van der Waals surface area (Å²) in [6, 6.07) is 14.9. The topological polar surface area (TPSA) is 57.2 Å². The quantitative estimate of drug-likeness (QED) is 0.785. The van der Waals surface area contributed by atoms with E-state index >= 15 is 0 Å². The second-order valence-electron chi connectivity index (χ2n) is 4.87. The van der Waals surface area contributed by atoms with E-state index in [1.165, 1.54) is 0 Å². The SMILES string of the molecule is COc1ccccc1-c1c(N)n(C)c2ccccc2c1=O. The van der Waals surface area contributed by atoms with E-state index in [-0.39, 0.29) is 5.43 Å². The van der Waals surface area contributed by atoms with Gasteiger partial charge in [-0.1, -0.05) is 30.3 Å². The lowest BCUT2D eigenvalue weighted by molar-refractivity contribution is 0.416. The minimum Gasteiger partial charge on any atom is -0.496 e. The molecule has 0 spiro atoms. The van der Waals surface area contributed by atoms with E-state index in [4.69, 9.17) is 10.5 Å². The Morgan fingerprint density at radius 2 is 1.71 bits per heavy atom. The molecule has 2 aromatic carbocycles. The minimum atomic E-state index is -0.0781. The second kappa shape index (κ2) is 4.98. The minimum absolute atomic E-state index is 0.0781. The van der Waals surface area contributed by atoms with E-state index in [1.807, 2.05) is 60.1 Å². The van der Waals surface area contributed by atoms with Gasteiger partial charge in [0.25, 0.3) is 0 Å². The molecule has 4 nitrogen and oxygen atoms in total. The van der Waals surface area contributed by atoms with Crippen molar-refractivity contribution in [3.63, 3.8) is 0 Å². The molecule has 0 atom stereocenters. The van der Waals surface area contributed by atoms with Crippen molar-refractivity contribution in [1.29, 1.82) is 0 Å². The Balaban J connectivity index is 2.46. The van der Waals surface area contributed by atoms with Gasteiger partial charge in [0.2, 0.25) is 0 Å². The van der Waals surface area contributed by atoms with Gasteiger partial charge in [0.1, 0.15) is 11.6 Å². The first-order valence-electron chi connectivity index (χ1n) is 6.65. The van der Waals surface area contributed by atoms with Crippen LogP contribution in [0.15, 0.2) is 53.3 Å². The Labute approximate surface area is 122 Å². The summed E-state index contributed by atoms with van der Waals surface area (Å²) < 4.78 is 7.19. The summed E-state index contributed by atoms with van der Waals surface area (Å²) in [5.41, 5.74) is 8.14. The number of nitrogens with two attached hydrogens (primary N) is 1. The van der Waals surface area contributed by atoms with E-state index in [2.05, 4.69) is 0 Å². The fourth-order valence-corrected chi connectivity index (χ4v) is 2.62. The van der Waals surface area contributed by atoms with Crippen LogP contribution in [0.4, 0.5) is 5.82 Å². The van der Waals surface area contributed by atoms with Crippen molar-refractivity contribution in [3.05, 3.63) is 58.8 Å². The molecule has 0 saturated carbocycles. The molecule has 1 heterocycles. The Hall–Kier alpha value is -2.75. The van der Waals surface area contributed by atoms with Gasteiger partial charge in [-0.3, -0.25) is 4.79 Å². The van der Waals surface area contributed by atoms with Crippen LogP contribution in [0.1, 0.15) is 0 Å². The standard InChI is InChI=1S/C17H16N2O2/c1-19-13-9-5-3-7-11(13)16(20)15(17(19)18)12-8-4-6-10-14(12)21-2/h3-10H,18H2,1-2H3. The first kappa shape index (κ1) is 13.2. The number of pyridine rings is 1. The molecule has 1 aromatic heterocycles. The number of rotatable bonds is 2. The highest BCUT2D eigenvalue weighted by Crippen LogP contribution is 2.32. The van der Waals surface area contributed by atoms with Crippen LogP contribution in [0.2, 0.25) is 0 Å². The van der Waals surface area contributed by atoms with Crippen LogP contribution >= 0.6 is 0 Å². The average molecular weight is 280 g/mol. The third-order valence-electron chi connectivity index (χ3n) is 3.73. The number of nitrogens with zero attached hydrogens (tertiary/aromatic N) is 1. The maximum Gasteiger partial charge on any atom is 0.199 e. The molecule has 0 radical (unpaired) electrons. The summed E-state index contributed by atoms with van der Waals surface area (Å²) >= 11 is 0. The van der Waals surface area contributed by atoms with Gasteiger partial charge >= 0.3 is 0 Å². The van der Waals surface area contributed by atoms with Crippen molar-refractivity contribution in [1.82, 2.24) is 4.57 Å². The van der Waals surface area contributed by atoms with Crippen LogP contribution < -0.4 is 15.9 Å². The van der Waals surface area contributed by atoms with E-state index in [9.17, 15) is 4.79 Å². The summed E-state index contributed by atoms with van der Waals surface area (Å²) in [6.07, 6.45) is 0. The Kier molecular flexibility index (Phi) is 3.14. The molecule has 106 valence electrons. The number of aryl methyl sites for hydroxylation is 1. The van der Waals surface area contributed by atoms with Crippen molar-refractivity contribution in [2.24, 2.45) is 7.05 Å². The number of aromatic nitrogens is 1. The molecular weight excluding hydrogens is 264 g/mol. The number of benzene rings is 2. The summed E-state index contributed by atoms with van der Waals surface area (Å²) in [6.45, 7) is 0. The predicted molar refractivity (Wildman–Crippen MR) is 85.6 cm³/mol. The van der Waals surface area contributed by atoms with Crippen molar-refractivity contribution >= 4 is 16.7 Å². The summed E-state index contributed by atoms with van der Waals surface area (Å²) in [5.74, 6) is 1.07. The third-order valence-corrected chi connectivity index (χ3v) is 3.73. The highest BCUT2D eigenvalue weighted by atomic mass is 16.5. The first-order valence-corrected chi connectivity index (χ1v) is 6.65. The zero-order valence-electron chi connectivity index (χ0n) is 12.0. The fraction of sp³-hybridized carbons (Fsp3) is 0.118. The lowest BCUT2D eigenvalue weighted by Crippen LogP contribution is -2.15. The Bertz CT molecular complexity index is 882. The largest absolute Gasteiger partial charge is 0.496 e. The van der Waals surface area contributed by atoms with Gasteiger partial charge in [-0.15, -0.1) is 0 Å². The summed E-state index contributed by atoms with van der Waals surface area (Å²) in [7, 11) is 3.44. The van der Waals surface area contributed by atoms with E-state index in [1.54, 1.807) is 7.11 Å². The molecule has 0 fully saturated rings. The Morgan fingerprint density at radius 3 is 2.48 bits per heavy atom. The van der Waals surface area contributed by atoms with Gasteiger partial charge in [-0.25, -0.2) is 0 Å². The molecule has 4 heteroatoms. The maximum atomic E-state index is 12.8. The highest BCUT2D eigenvalue weighted by molar-refractivity contribution is 5.90. The molecule has 0 unspecified atom stereocenters. The first-order chi connectivity index (χ1) is 10.1. The van der Waals surface area contributed by atoms with Gasteiger partial charge in [-0.2, -0.15) is 0 Å². The second-order valence-corrected chi connectivity index (χ2v) is 4.87. The molecule has 3 aromatic rings. The van der Waals surface area contributed by atoms with E-state index < -0.39 is 0 Å². The molecule has 0 amide bonds. The van der Waals surface area contributed by atoms with Crippen LogP contribution in [-0.2, 0) is 7.05 Å². The van der Waals surface area contributed by atoms with Crippen LogP contribution in [-0.4, -0.2) is 11.7 Å². The average Bonchev–Trinajstić information content (AvgIpc) is 2.53. The molecule has 0 aliphatic carbocycles. The molecule has 0 saturated heterocycles. The lowest BCUT2D eigenvalue weighted by atomic mass is 10.0. The number of nitrogen functional groups attached to an aromatic ring is 1. The van der Waals surface area contributed by atoms with Gasteiger partial charge in [0.05, 0.1) is 18.2 Å². The highest BCUT2D eigenvalue weighted by Gasteiger charge is 2.17. The molecule has 0 aliphatic rings. The monoisotopic (exact) mass is 280 g/mol. The number of fused-ring (bicyclic) bond motifs is 1. The zero-order valence-corrected chi connectivity index (χ0v) is 12.0. The number of hydrogen-bond donors (Lipinski definition) is 1. The number of ether oxygens (including phenoxy) is 1. The molecular formula is C17H16N2O2. The molecule has 3 rings (SSSR count). The smallest absolute Gasteiger partial charge is 0.199 e. The van der Waals surface area contributed by atoms with Crippen molar-refractivity contribution in [2.75, 3.05) is 12.8 Å². The molecule has 0 bridgehead atoms. The summed E-state index contributed by atoms with van der Waals surface area (Å²) in [5, 5.41) is 0.648. The van der Waals surface area contributed by atoms with Gasteiger partial charge in [-0.05, 0) is 18.2 Å². The van der Waals surface area contributed by atoms with Crippen molar-refractivity contribution in [2.45, 2.75) is 0 Å². The van der Waals surface area contributed by atoms with Gasteiger partial charge in [0.15, 0.2) is 5.43 Å². The molecule has 2 N–H and O–H groups in total. The summed E-state index contributed by atoms with van der Waals surface area (Å²) in [4.78, 5) is 12.8. The number of anilines is 1. The van der Waals surface area contributed by atoms with Crippen molar-refractivity contribution < 1.29 is 4.74 Å². The lowest BCUT2D eigenvalue weighted by Gasteiger charge is -2.15. The van der Waals surface area contributed by atoms with Crippen molar-refractivity contribution in [3.8, 4) is 16.9 Å². The number of methoxy groups -OCH3 is 1.